The average Bonchev–Trinajstić information content (AvgIpc) is 3.25. The molecule has 0 aromatic heterocycles. The molecule has 29 heavy (non-hydrogen) atoms. The first kappa shape index (κ1) is 21.1. The van der Waals surface area contributed by atoms with E-state index < -0.39 is 61.7 Å². The number of hydrogen-bond donors (Lipinski definition) is 1. The highest BCUT2D eigenvalue weighted by Gasteiger charge is 2.50. The van der Waals surface area contributed by atoms with Crippen LogP contribution in [0.25, 0.3) is 0 Å². The van der Waals surface area contributed by atoms with Crippen molar-refractivity contribution in [1.29, 1.82) is 5.26 Å². The minimum atomic E-state index is -4.87. The molecular weight excluding hydrogens is 411 g/mol. The second-order valence-corrected chi connectivity index (χ2v) is 9.46. The van der Waals surface area contributed by atoms with E-state index in [1.54, 1.807) is 0 Å². The first-order valence-electron chi connectivity index (χ1n) is 8.82. The molecule has 0 spiro atoms. The van der Waals surface area contributed by atoms with Gasteiger partial charge in [-0.1, -0.05) is 12.1 Å². The van der Waals surface area contributed by atoms with Crippen molar-refractivity contribution in [2.45, 2.75) is 54.1 Å². The van der Waals surface area contributed by atoms with Gasteiger partial charge < -0.3 is 10.2 Å². The highest BCUT2D eigenvalue weighted by molar-refractivity contribution is 7.92. The predicted molar refractivity (Wildman–Crippen MR) is 93.9 cm³/mol. The minimum absolute atomic E-state index is 0.346. The Morgan fingerprint density at radius 1 is 1.28 bits per heavy atom. The van der Waals surface area contributed by atoms with Crippen molar-refractivity contribution in [3.05, 3.63) is 29.8 Å². The van der Waals surface area contributed by atoms with E-state index in [0.717, 1.165) is 24.0 Å². The van der Waals surface area contributed by atoms with Crippen LogP contribution in [0.3, 0.4) is 0 Å². The molecular formula is C18H18F3N3O4S. The maximum Gasteiger partial charge on any atom is 0.417 e. The number of halogens is 3. The van der Waals surface area contributed by atoms with Gasteiger partial charge >= 0.3 is 6.18 Å². The van der Waals surface area contributed by atoms with Gasteiger partial charge in [0.25, 0.3) is 0 Å². The molecule has 1 aromatic rings. The van der Waals surface area contributed by atoms with Gasteiger partial charge in [0.15, 0.2) is 9.84 Å². The van der Waals surface area contributed by atoms with Crippen molar-refractivity contribution in [1.82, 2.24) is 10.2 Å². The lowest BCUT2D eigenvalue weighted by atomic mass is 10.2. The van der Waals surface area contributed by atoms with Crippen LogP contribution >= 0.6 is 0 Å². The molecule has 3 rings (SSSR count). The third-order valence-electron chi connectivity index (χ3n) is 5.23. The molecule has 1 N–H and O–H groups in total. The SMILES string of the molecule is CC(=O)N1C[C@H](S(=O)(=O)c2ccccc2C(F)(F)F)C[C@H]1C(=O)NC1(C#N)CC1. The van der Waals surface area contributed by atoms with Crippen molar-refractivity contribution in [3.63, 3.8) is 0 Å². The molecule has 2 aliphatic rings. The molecule has 0 unspecified atom stereocenters. The summed E-state index contributed by atoms with van der Waals surface area (Å²) in [7, 11) is -4.48. The van der Waals surface area contributed by atoms with Gasteiger partial charge in [-0.05, 0) is 31.4 Å². The highest BCUT2D eigenvalue weighted by atomic mass is 32.2. The summed E-state index contributed by atoms with van der Waals surface area (Å²) in [6.07, 6.45) is -4.32. The van der Waals surface area contributed by atoms with E-state index in [0.29, 0.717) is 18.9 Å². The fraction of sp³-hybridized carbons (Fsp3) is 0.500. The molecule has 156 valence electrons. The number of rotatable bonds is 4. The molecule has 2 amide bonds. The van der Waals surface area contributed by atoms with Gasteiger partial charge in [-0.2, -0.15) is 18.4 Å². The van der Waals surface area contributed by atoms with Gasteiger partial charge in [0.2, 0.25) is 11.8 Å². The van der Waals surface area contributed by atoms with Gasteiger partial charge in [0.1, 0.15) is 11.6 Å². The Labute approximate surface area is 165 Å². The Hall–Kier alpha value is -2.61. The lowest BCUT2D eigenvalue weighted by Gasteiger charge is -2.23. The van der Waals surface area contributed by atoms with Crippen LogP contribution in [0.1, 0.15) is 31.7 Å². The van der Waals surface area contributed by atoms with Gasteiger partial charge in [0.05, 0.1) is 21.8 Å². The molecule has 7 nitrogen and oxygen atoms in total. The molecule has 1 aliphatic heterocycles. The van der Waals surface area contributed by atoms with Crippen molar-refractivity contribution in [3.8, 4) is 6.07 Å². The molecule has 1 saturated heterocycles. The highest BCUT2D eigenvalue weighted by Crippen LogP contribution is 2.38. The third-order valence-corrected chi connectivity index (χ3v) is 7.42. The number of amides is 2. The van der Waals surface area contributed by atoms with Crippen LogP contribution in [0.5, 0.6) is 0 Å². The Balaban J connectivity index is 1.91. The first-order valence-corrected chi connectivity index (χ1v) is 10.4. The zero-order valence-corrected chi connectivity index (χ0v) is 16.2. The normalized spacial score (nSPS) is 23.3. The second kappa shape index (κ2) is 7.02. The monoisotopic (exact) mass is 429 g/mol. The summed E-state index contributed by atoms with van der Waals surface area (Å²) in [6, 6.07) is 4.62. The number of carbonyl (C=O) groups excluding carboxylic acids is 2. The van der Waals surface area contributed by atoms with Crippen molar-refractivity contribution >= 4 is 21.7 Å². The largest absolute Gasteiger partial charge is 0.417 e. The van der Waals surface area contributed by atoms with Crippen LogP contribution in [0.4, 0.5) is 13.2 Å². The van der Waals surface area contributed by atoms with Crippen LogP contribution in [-0.4, -0.2) is 48.5 Å². The Kier molecular flexibility index (Phi) is 5.11. The number of sulfone groups is 1. The summed E-state index contributed by atoms with van der Waals surface area (Å²) in [6.45, 7) is 0.748. The van der Waals surface area contributed by atoms with Crippen LogP contribution in [0.15, 0.2) is 29.2 Å². The maximum absolute atomic E-state index is 13.3. The first-order chi connectivity index (χ1) is 13.4. The number of carbonyl (C=O) groups is 2. The van der Waals surface area contributed by atoms with Crippen LogP contribution in [-0.2, 0) is 25.6 Å². The molecule has 0 radical (unpaired) electrons. The Bertz CT molecular complexity index is 996. The molecule has 1 saturated carbocycles. The zero-order valence-electron chi connectivity index (χ0n) is 15.4. The lowest BCUT2D eigenvalue weighted by molar-refractivity contribution is -0.140. The summed E-state index contributed by atoms with van der Waals surface area (Å²) >= 11 is 0. The summed E-state index contributed by atoms with van der Waals surface area (Å²) in [5.41, 5.74) is -2.30. The van der Waals surface area contributed by atoms with Crippen LogP contribution in [0.2, 0.25) is 0 Å². The molecule has 2 atom stereocenters. The topological polar surface area (TPSA) is 107 Å². The quantitative estimate of drug-likeness (QED) is 0.783. The zero-order chi connectivity index (χ0) is 21.6. The van der Waals surface area contributed by atoms with Crippen molar-refractivity contribution in [2.24, 2.45) is 0 Å². The smallest absolute Gasteiger partial charge is 0.336 e. The van der Waals surface area contributed by atoms with Crippen LogP contribution < -0.4 is 5.32 Å². The van der Waals surface area contributed by atoms with E-state index in [1.807, 2.05) is 6.07 Å². The molecule has 1 heterocycles. The lowest BCUT2D eigenvalue weighted by Crippen LogP contribution is -2.48. The summed E-state index contributed by atoms with van der Waals surface area (Å²) in [5.74, 6) is -1.25. The van der Waals surface area contributed by atoms with Gasteiger partial charge in [-0.15, -0.1) is 0 Å². The number of likely N-dealkylation sites (tertiary alicyclic amines) is 1. The fourth-order valence-electron chi connectivity index (χ4n) is 3.46. The minimum Gasteiger partial charge on any atom is -0.336 e. The number of benzene rings is 1. The second-order valence-electron chi connectivity index (χ2n) is 7.27. The molecule has 0 bridgehead atoms. The van der Waals surface area contributed by atoms with Gasteiger partial charge in [0, 0.05) is 13.5 Å². The van der Waals surface area contributed by atoms with E-state index in [9.17, 15) is 31.2 Å². The number of nitrogens with one attached hydrogen (secondary N) is 1. The summed E-state index contributed by atoms with van der Waals surface area (Å²) in [4.78, 5) is 24.7. The standard InChI is InChI=1S/C18H18F3N3O4S/c1-11(25)24-9-12(8-14(24)16(26)23-17(10-22)6-7-17)29(27,28)15-5-3-2-4-13(15)18(19,20)21/h2-5,12,14H,6-9H2,1H3,(H,23,26)/t12-,14+/m1/s1. The van der Waals surface area contributed by atoms with Crippen molar-refractivity contribution < 1.29 is 31.2 Å². The number of hydrogen-bond acceptors (Lipinski definition) is 5. The summed E-state index contributed by atoms with van der Waals surface area (Å²) in [5, 5.41) is 10.3. The summed E-state index contributed by atoms with van der Waals surface area (Å²) < 4.78 is 65.8. The van der Waals surface area contributed by atoms with E-state index in [4.69, 9.17) is 5.26 Å². The number of alkyl halides is 3. The Morgan fingerprint density at radius 3 is 2.41 bits per heavy atom. The third kappa shape index (κ3) is 3.94. The van der Waals surface area contributed by atoms with E-state index in [2.05, 4.69) is 5.32 Å². The van der Waals surface area contributed by atoms with Gasteiger partial charge in [-0.25, -0.2) is 8.42 Å². The average molecular weight is 429 g/mol. The fourth-order valence-corrected chi connectivity index (χ4v) is 5.37. The molecule has 1 aliphatic carbocycles. The molecule has 2 fully saturated rings. The van der Waals surface area contributed by atoms with Gasteiger partial charge in [-0.3, -0.25) is 9.59 Å². The predicted octanol–water partition coefficient (Wildman–Crippen LogP) is 1.64. The van der Waals surface area contributed by atoms with E-state index in [-0.39, 0.29) is 6.42 Å². The molecule has 11 heteroatoms. The van der Waals surface area contributed by atoms with Crippen molar-refractivity contribution in [2.75, 3.05) is 6.54 Å². The van der Waals surface area contributed by atoms with Crippen LogP contribution in [0, 0.1) is 11.3 Å². The van der Waals surface area contributed by atoms with E-state index in [1.165, 1.54) is 6.07 Å². The maximum atomic E-state index is 13.3. The Morgan fingerprint density at radius 2 is 1.90 bits per heavy atom. The molecule has 1 aromatic carbocycles. The van der Waals surface area contributed by atoms with E-state index >= 15 is 0 Å². The number of nitriles is 1. The number of nitrogens with zero attached hydrogens (tertiary/aromatic N) is 2.